The third-order valence-corrected chi connectivity index (χ3v) is 5.33. The summed E-state index contributed by atoms with van der Waals surface area (Å²) in [5.74, 6) is -0.556. The van der Waals surface area contributed by atoms with Crippen LogP contribution in [-0.4, -0.2) is 23.5 Å². The molecule has 22 heavy (non-hydrogen) atoms. The van der Waals surface area contributed by atoms with Crippen molar-refractivity contribution in [3.63, 3.8) is 0 Å². The van der Waals surface area contributed by atoms with Gasteiger partial charge in [0, 0.05) is 6.61 Å². The molecular weight excluding hydrogens is 278 g/mol. The van der Waals surface area contributed by atoms with E-state index in [2.05, 4.69) is 5.32 Å². The Morgan fingerprint density at radius 2 is 1.82 bits per heavy atom. The Balaban J connectivity index is 1.79. The first-order valence-electron chi connectivity index (χ1n) is 8.24. The summed E-state index contributed by atoms with van der Waals surface area (Å²) in [5.41, 5.74) is 2.22. The summed E-state index contributed by atoms with van der Waals surface area (Å²) in [5, 5.41) is 11.8. The number of aliphatic hydroxyl groups excluding tert-OH is 1. The molecule has 1 aromatic carbocycles. The maximum Gasteiger partial charge on any atom is 0.259 e. The maximum absolute atomic E-state index is 12.0. The fourth-order valence-corrected chi connectivity index (χ4v) is 4.06. The Morgan fingerprint density at radius 1 is 1.05 bits per heavy atom. The zero-order valence-electron chi connectivity index (χ0n) is 12.9. The number of hydrogen-bond donors (Lipinski definition) is 2. The first kappa shape index (κ1) is 15.2. The van der Waals surface area contributed by atoms with Crippen LogP contribution in [0, 0.1) is 5.41 Å². The predicted octanol–water partition coefficient (Wildman–Crippen LogP) is 2.84. The number of fused-ring (bicyclic) bond motifs is 1. The third kappa shape index (κ3) is 2.80. The second-order valence-corrected chi connectivity index (χ2v) is 6.66. The SMILES string of the molecule is O=C1NC(=O)c2c(CCC3(CCO)CCCCC3)cccc21. The molecule has 4 nitrogen and oxygen atoms in total. The van der Waals surface area contributed by atoms with Crippen LogP contribution in [0.4, 0.5) is 0 Å². The van der Waals surface area contributed by atoms with Crippen LogP contribution in [0.1, 0.15) is 71.2 Å². The lowest BCUT2D eigenvalue weighted by Gasteiger charge is -2.37. The Hall–Kier alpha value is -1.68. The van der Waals surface area contributed by atoms with E-state index in [1.807, 2.05) is 12.1 Å². The zero-order chi connectivity index (χ0) is 15.6. The van der Waals surface area contributed by atoms with Crippen molar-refractivity contribution >= 4 is 11.8 Å². The molecule has 1 aliphatic heterocycles. The zero-order valence-corrected chi connectivity index (χ0v) is 12.9. The first-order chi connectivity index (χ1) is 10.7. The summed E-state index contributed by atoms with van der Waals surface area (Å²) in [6, 6.07) is 5.52. The molecule has 0 unspecified atom stereocenters. The van der Waals surface area contributed by atoms with Crippen LogP contribution in [0.5, 0.6) is 0 Å². The molecule has 0 atom stereocenters. The van der Waals surface area contributed by atoms with Crippen molar-refractivity contribution in [2.24, 2.45) is 5.41 Å². The summed E-state index contributed by atoms with van der Waals surface area (Å²) in [4.78, 5) is 23.7. The topological polar surface area (TPSA) is 66.4 Å². The van der Waals surface area contributed by atoms with Crippen molar-refractivity contribution in [2.75, 3.05) is 6.61 Å². The number of rotatable bonds is 5. The molecule has 0 radical (unpaired) electrons. The van der Waals surface area contributed by atoms with Crippen molar-refractivity contribution in [1.82, 2.24) is 5.32 Å². The van der Waals surface area contributed by atoms with Gasteiger partial charge in [-0.2, -0.15) is 0 Å². The number of imide groups is 1. The molecule has 1 saturated carbocycles. The summed E-state index contributed by atoms with van der Waals surface area (Å²) >= 11 is 0. The van der Waals surface area contributed by atoms with Crippen LogP contribution < -0.4 is 5.32 Å². The molecule has 1 fully saturated rings. The van der Waals surface area contributed by atoms with Gasteiger partial charge in [0.15, 0.2) is 0 Å². The van der Waals surface area contributed by atoms with E-state index in [0.29, 0.717) is 11.1 Å². The van der Waals surface area contributed by atoms with E-state index in [0.717, 1.165) is 37.7 Å². The van der Waals surface area contributed by atoms with Crippen molar-refractivity contribution in [1.29, 1.82) is 0 Å². The normalized spacial score (nSPS) is 19.9. The van der Waals surface area contributed by atoms with Gasteiger partial charge in [-0.25, -0.2) is 0 Å². The Labute approximate surface area is 130 Å². The highest BCUT2D eigenvalue weighted by Gasteiger charge is 2.33. The smallest absolute Gasteiger partial charge is 0.259 e. The second-order valence-electron chi connectivity index (χ2n) is 6.66. The van der Waals surface area contributed by atoms with Gasteiger partial charge in [-0.3, -0.25) is 14.9 Å². The molecule has 0 bridgehead atoms. The number of carbonyl (C=O) groups excluding carboxylic acids is 2. The fraction of sp³-hybridized carbons (Fsp3) is 0.556. The van der Waals surface area contributed by atoms with Gasteiger partial charge in [-0.15, -0.1) is 0 Å². The van der Waals surface area contributed by atoms with Gasteiger partial charge < -0.3 is 5.11 Å². The molecule has 4 heteroatoms. The average molecular weight is 301 g/mol. The summed E-state index contributed by atoms with van der Waals surface area (Å²) in [7, 11) is 0. The van der Waals surface area contributed by atoms with Crippen LogP contribution >= 0.6 is 0 Å². The molecule has 2 amide bonds. The van der Waals surface area contributed by atoms with E-state index >= 15 is 0 Å². The largest absolute Gasteiger partial charge is 0.396 e. The second kappa shape index (κ2) is 6.21. The molecule has 2 N–H and O–H groups in total. The molecule has 1 aromatic rings. The highest BCUT2D eigenvalue weighted by molar-refractivity contribution is 6.22. The van der Waals surface area contributed by atoms with E-state index in [1.165, 1.54) is 19.3 Å². The van der Waals surface area contributed by atoms with E-state index in [4.69, 9.17) is 0 Å². The predicted molar refractivity (Wildman–Crippen MR) is 83.8 cm³/mol. The van der Waals surface area contributed by atoms with Gasteiger partial charge in [0.2, 0.25) is 0 Å². The molecule has 1 aliphatic carbocycles. The van der Waals surface area contributed by atoms with Gasteiger partial charge >= 0.3 is 0 Å². The first-order valence-corrected chi connectivity index (χ1v) is 8.24. The quantitative estimate of drug-likeness (QED) is 0.822. The highest BCUT2D eigenvalue weighted by Crippen LogP contribution is 2.43. The van der Waals surface area contributed by atoms with Crippen molar-refractivity contribution in [3.05, 3.63) is 34.9 Å². The molecule has 3 rings (SSSR count). The monoisotopic (exact) mass is 301 g/mol. The lowest BCUT2D eigenvalue weighted by atomic mass is 9.68. The summed E-state index contributed by atoms with van der Waals surface area (Å²) in [6.07, 6.45) is 8.67. The Morgan fingerprint density at radius 3 is 2.55 bits per heavy atom. The van der Waals surface area contributed by atoms with Crippen LogP contribution in [0.25, 0.3) is 0 Å². The lowest BCUT2D eigenvalue weighted by Crippen LogP contribution is -2.26. The molecular formula is C18H23NO3. The van der Waals surface area contributed by atoms with E-state index < -0.39 is 0 Å². The van der Waals surface area contributed by atoms with Crippen LogP contribution in [0.2, 0.25) is 0 Å². The van der Waals surface area contributed by atoms with Crippen molar-refractivity contribution < 1.29 is 14.7 Å². The molecule has 0 saturated heterocycles. The van der Waals surface area contributed by atoms with Crippen LogP contribution in [-0.2, 0) is 6.42 Å². The number of nitrogens with one attached hydrogen (secondary N) is 1. The van der Waals surface area contributed by atoms with Gasteiger partial charge in [-0.1, -0.05) is 31.4 Å². The molecule has 0 spiro atoms. The minimum absolute atomic E-state index is 0.203. The lowest BCUT2D eigenvalue weighted by molar-refractivity contribution is 0.0878. The number of benzene rings is 1. The van der Waals surface area contributed by atoms with Crippen LogP contribution in [0.15, 0.2) is 18.2 Å². The van der Waals surface area contributed by atoms with Gasteiger partial charge in [0.25, 0.3) is 11.8 Å². The number of aliphatic hydroxyl groups is 1. The van der Waals surface area contributed by atoms with Gasteiger partial charge in [-0.05, 0) is 49.1 Å². The number of amides is 2. The average Bonchev–Trinajstić information content (AvgIpc) is 2.82. The Kier molecular flexibility index (Phi) is 4.30. The van der Waals surface area contributed by atoms with E-state index in [-0.39, 0.29) is 23.8 Å². The fourth-order valence-electron chi connectivity index (χ4n) is 4.06. The van der Waals surface area contributed by atoms with Crippen molar-refractivity contribution in [2.45, 2.75) is 51.4 Å². The number of hydrogen-bond acceptors (Lipinski definition) is 3. The summed E-state index contributed by atoms with van der Waals surface area (Å²) < 4.78 is 0. The van der Waals surface area contributed by atoms with E-state index in [1.54, 1.807) is 6.07 Å². The Bertz CT molecular complexity index is 582. The minimum atomic E-state index is -0.287. The highest BCUT2D eigenvalue weighted by atomic mass is 16.3. The summed E-state index contributed by atoms with van der Waals surface area (Å²) in [6.45, 7) is 0.228. The van der Waals surface area contributed by atoms with Gasteiger partial charge in [0.05, 0.1) is 11.1 Å². The third-order valence-electron chi connectivity index (χ3n) is 5.33. The number of carbonyl (C=O) groups is 2. The molecule has 0 aromatic heterocycles. The molecule has 118 valence electrons. The molecule has 2 aliphatic rings. The van der Waals surface area contributed by atoms with Crippen LogP contribution in [0.3, 0.4) is 0 Å². The van der Waals surface area contributed by atoms with Crippen molar-refractivity contribution in [3.8, 4) is 0 Å². The molecule has 1 heterocycles. The minimum Gasteiger partial charge on any atom is -0.396 e. The van der Waals surface area contributed by atoms with Gasteiger partial charge in [0.1, 0.15) is 0 Å². The van der Waals surface area contributed by atoms with E-state index in [9.17, 15) is 14.7 Å². The number of aryl methyl sites for hydroxylation is 1. The maximum atomic E-state index is 12.0. The standard InChI is InChI=1S/C18H23NO3/c20-12-11-18(8-2-1-3-9-18)10-7-13-5-4-6-14-15(13)17(22)19-16(14)21/h4-6,20H,1-3,7-12H2,(H,19,21,22).